The maximum absolute atomic E-state index is 5.79. The van der Waals surface area contributed by atoms with Crippen LogP contribution >= 0.6 is 15.9 Å². The predicted molar refractivity (Wildman–Crippen MR) is 63.5 cm³/mol. The molecule has 0 amide bonds. The Hall–Kier alpha value is -0.540. The normalized spacial score (nSPS) is 21.5. The first-order chi connectivity index (χ1) is 6.65. The fraction of sp³-hybridized carbons (Fsp3) is 0.455. The minimum absolute atomic E-state index is 0.269. The average molecular weight is 255 g/mol. The van der Waals surface area contributed by atoms with Crippen molar-refractivity contribution < 1.29 is 0 Å². The molecule has 2 nitrogen and oxygen atoms in total. The van der Waals surface area contributed by atoms with Gasteiger partial charge >= 0.3 is 0 Å². The van der Waals surface area contributed by atoms with Gasteiger partial charge in [0, 0.05) is 22.2 Å². The molecule has 0 saturated carbocycles. The van der Waals surface area contributed by atoms with Crippen molar-refractivity contribution in [1.29, 1.82) is 0 Å². The molecule has 2 atom stereocenters. The lowest BCUT2D eigenvalue weighted by Crippen LogP contribution is -2.26. The summed E-state index contributed by atoms with van der Waals surface area (Å²) in [5.74, 6) is 0. The summed E-state index contributed by atoms with van der Waals surface area (Å²) in [5, 5.41) is 3.49. The van der Waals surface area contributed by atoms with Crippen LogP contribution in [0.25, 0.3) is 0 Å². The molecular weight excluding hydrogens is 240 g/mol. The molecule has 3 heteroatoms. The lowest BCUT2D eigenvalue weighted by atomic mass is 10.0. The summed E-state index contributed by atoms with van der Waals surface area (Å²) >= 11 is 3.48. The van der Waals surface area contributed by atoms with Crippen LogP contribution in [0, 0.1) is 0 Å². The topological polar surface area (TPSA) is 38.0 Å². The second kappa shape index (κ2) is 3.91. The maximum atomic E-state index is 5.79. The third kappa shape index (κ3) is 2.10. The summed E-state index contributed by atoms with van der Waals surface area (Å²) in [6, 6.07) is 7.16. The van der Waals surface area contributed by atoms with Gasteiger partial charge in [-0.3, -0.25) is 0 Å². The smallest absolute Gasteiger partial charge is 0.0376 e. The Morgan fingerprint density at radius 1 is 1.64 bits per heavy atom. The van der Waals surface area contributed by atoms with Crippen molar-refractivity contribution in [2.24, 2.45) is 5.73 Å². The first-order valence-corrected chi connectivity index (χ1v) is 5.75. The van der Waals surface area contributed by atoms with Crippen LogP contribution in [0.2, 0.25) is 0 Å². The Bertz CT molecular complexity index is 336. The van der Waals surface area contributed by atoms with Gasteiger partial charge in [-0.1, -0.05) is 15.9 Å². The number of anilines is 1. The third-order valence-electron chi connectivity index (χ3n) is 2.55. The second-order valence-electron chi connectivity index (χ2n) is 4.06. The van der Waals surface area contributed by atoms with E-state index in [0.717, 1.165) is 17.3 Å². The van der Waals surface area contributed by atoms with Gasteiger partial charge in [0.2, 0.25) is 0 Å². The van der Waals surface area contributed by atoms with Crippen LogP contribution in [0.5, 0.6) is 0 Å². The Morgan fingerprint density at radius 2 is 2.43 bits per heavy atom. The molecule has 0 aromatic heterocycles. The number of halogens is 1. The molecule has 0 aliphatic carbocycles. The standard InChI is InChI=1S/C11H15BrN2/c1-7(13)4-10-6-8-5-9(12)2-3-11(8)14-10/h2-3,5,7,10,14H,4,6,13H2,1H3. The van der Waals surface area contributed by atoms with E-state index >= 15 is 0 Å². The highest BCUT2D eigenvalue weighted by atomic mass is 79.9. The molecule has 0 saturated heterocycles. The van der Waals surface area contributed by atoms with Crippen molar-refractivity contribution in [3.63, 3.8) is 0 Å². The third-order valence-corrected chi connectivity index (χ3v) is 3.04. The van der Waals surface area contributed by atoms with Crippen molar-refractivity contribution in [3.8, 4) is 0 Å². The molecule has 0 fully saturated rings. The van der Waals surface area contributed by atoms with Crippen molar-refractivity contribution in [1.82, 2.24) is 0 Å². The monoisotopic (exact) mass is 254 g/mol. The minimum atomic E-state index is 0.269. The number of nitrogens with two attached hydrogens (primary N) is 1. The van der Waals surface area contributed by atoms with E-state index in [4.69, 9.17) is 5.73 Å². The zero-order chi connectivity index (χ0) is 10.1. The van der Waals surface area contributed by atoms with E-state index in [1.165, 1.54) is 11.3 Å². The van der Waals surface area contributed by atoms with Crippen molar-refractivity contribution in [2.75, 3.05) is 5.32 Å². The lowest BCUT2D eigenvalue weighted by Gasteiger charge is -2.13. The number of nitrogens with one attached hydrogen (secondary N) is 1. The highest BCUT2D eigenvalue weighted by Gasteiger charge is 2.20. The molecule has 2 rings (SSSR count). The van der Waals surface area contributed by atoms with Crippen LogP contribution < -0.4 is 11.1 Å². The molecule has 76 valence electrons. The summed E-state index contributed by atoms with van der Waals surface area (Å²) < 4.78 is 1.15. The molecule has 3 N–H and O–H groups in total. The molecule has 1 aromatic rings. The van der Waals surface area contributed by atoms with Gasteiger partial charge < -0.3 is 11.1 Å². The molecule has 1 aliphatic heterocycles. The summed E-state index contributed by atoms with van der Waals surface area (Å²) in [6.07, 6.45) is 2.13. The lowest BCUT2D eigenvalue weighted by molar-refractivity contribution is 0.587. The zero-order valence-corrected chi connectivity index (χ0v) is 9.84. The Kier molecular flexibility index (Phi) is 2.79. The first-order valence-electron chi connectivity index (χ1n) is 4.95. The van der Waals surface area contributed by atoms with Gasteiger partial charge in [0.25, 0.3) is 0 Å². The number of hydrogen-bond acceptors (Lipinski definition) is 2. The van der Waals surface area contributed by atoms with Crippen LogP contribution in [0.3, 0.4) is 0 Å². The van der Waals surface area contributed by atoms with Crippen molar-refractivity contribution in [3.05, 3.63) is 28.2 Å². The van der Waals surface area contributed by atoms with Gasteiger partial charge in [-0.05, 0) is 43.5 Å². The molecule has 14 heavy (non-hydrogen) atoms. The van der Waals surface area contributed by atoms with E-state index in [0.29, 0.717) is 6.04 Å². The average Bonchev–Trinajstić information content (AvgIpc) is 2.44. The Labute approximate surface area is 93.0 Å². The molecule has 0 radical (unpaired) electrons. The Balaban J connectivity index is 2.10. The number of fused-ring (bicyclic) bond motifs is 1. The highest BCUT2D eigenvalue weighted by Crippen LogP contribution is 2.29. The van der Waals surface area contributed by atoms with E-state index < -0.39 is 0 Å². The zero-order valence-electron chi connectivity index (χ0n) is 8.26. The highest BCUT2D eigenvalue weighted by molar-refractivity contribution is 9.10. The predicted octanol–water partition coefficient (Wildman–Crippen LogP) is 2.52. The van der Waals surface area contributed by atoms with Gasteiger partial charge in [-0.15, -0.1) is 0 Å². The fourth-order valence-electron chi connectivity index (χ4n) is 2.00. The fourth-order valence-corrected chi connectivity index (χ4v) is 2.41. The molecule has 1 aliphatic rings. The van der Waals surface area contributed by atoms with Gasteiger partial charge in [0.1, 0.15) is 0 Å². The van der Waals surface area contributed by atoms with Crippen molar-refractivity contribution in [2.45, 2.75) is 31.8 Å². The SMILES string of the molecule is CC(N)CC1Cc2cc(Br)ccc2N1. The van der Waals surface area contributed by atoms with E-state index in [1.807, 2.05) is 0 Å². The molecule has 2 unspecified atom stereocenters. The van der Waals surface area contributed by atoms with E-state index in [2.05, 4.69) is 46.4 Å². The summed E-state index contributed by atoms with van der Waals surface area (Å²) in [7, 11) is 0. The van der Waals surface area contributed by atoms with Crippen LogP contribution in [0.1, 0.15) is 18.9 Å². The summed E-state index contributed by atoms with van der Waals surface area (Å²) in [6.45, 7) is 2.06. The van der Waals surface area contributed by atoms with E-state index in [9.17, 15) is 0 Å². The second-order valence-corrected chi connectivity index (χ2v) is 4.98. The minimum Gasteiger partial charge on any atom is -0.382 e. The van der Waals surface area contributed by atoms with Crippen LogP contribution in [-0.4, -0.2) is 12.1 Å². The molecular formula is C11H15BrN2. The summed E-state index contributed by atoms with van der Waals surface area (Å²) in [4.78, 5) is 0. The first kappa shape index (κ1) is 9.99. The molecule has 0 spiro atoms. The molecule has 1 heterocycles. The van der Waals surface area contributed by atoms with Crippen molar-refractivity contribution >= 4 is 21.6 Å². The van der Waals surface area contributed by atoms with Gasteiger partial charge in [-0.25, -0.2) is 0 Å². The van der Waals surface area contributed by atoms with Crippen LogP contribution in [0.15, 0.2) is 22.7 Å². The maximum Gasteiger partial charge on any atom is 0.0376 e. The Morgan fingerprint density at radius 3 is 3.14 bits per heavy atom. The quantitative estimate of drug-likeness (QED) is 0.852. The van der Waals surface area contributed by atoms with Gasteiger partial charge in [0.05, 0.1) is 0 Å². The van der Waals surface area contributed by atoms with Gasteiger partial charge in [-0.2, -0.15) is 0 Å². The van der Waals surface area contributed by atoms with Crippen LogP contribution in [0.4, 0.5) is 5.69 Å². The summed E-state index contributed by atoms with van der Waals surface area (Å²) in [5.41, 5.74) is 8.44. The van der Waals surface area contributed by atoms with Crippen LogP contribution in [-0.2, 0) is 6.42 Å². The number of hydrogen-bond donors (Lipinski definition) is 2. The number of benzene rings is 1. The molecule has 0 bridgehead atoms. The van der Waals surface area contributed by atoms with E-state index in [-0.39, 0.29) is 6.04 Å². The van der Waals surface area contributed by atoms with E-state index in [1.54, 1.807) is 0 Å². The largest absolute Gasteiger partial charge is 0.382 e. The van der Waals surface area contributed by atoms with Gasteiger partial charge in [0.15, 0.2) is 0 Å². The number of rotatable bonds is 2. The molecule has 1 aromatic carbocycles.